The summed E-state index contributed by atoms with van der Waals surface area (Å²) in [4.78, 5) is 12.5. The summed E-state index contributed by atoms with van der Waals surface area (Å²) < 4.78 is 13.2. The molecule has 2 N–H and O–H groups in total. The number of hydrogen-bond donors (Lipinski definition) is 2. The molecule has 5 rings (SSSR count). The van der Waals surface area contributed by atoms with E-state index in [1.165, 1.54) is 0 Å². The van der Waals surface area contributed by atoms with Crippen molar-refractivity contribution in [1.82, 2.24) is 20.2 Å². The molecule has 2 aromatic heterocycles. The quantitative estimate of drug-likeness (QED) is 0.286. The van der Waals surface area contributed by atoms with Crippen molar-refractivity contribution in [1.29, 1.82) is 0 Å². The summed E-state index contributed by atoms with van der Waals surface area (Å²) in [5.41, 5.74) is 8.00. The lowest BCUT2D eigenvalue weighted by molar-refractivity contribution is 0.485. The summed E-state index contributed by atoms with van der Waals surface area (Å²) in [7, 11) is 0. The zero-order valence-electron chi connectivity index (χ0n) is 18.1. The molecule has 33 heavy (non-hydrogen) atoms. The van der Waals surface area contributed by atoms with E-state index in [9.17, 15) is 4.39 Å². The summed E-state index contributed by atoms with van der Waals surface area (Å²) in [6.07, 6.45) is 5.10. The van der Waals surface area contributed by atoms with Crippen molar-refractivity contribution in [3.8, 4) is 22.6 Å². The molecule has 0 spiro atoms. The van der Waals surface area contributed by atoms with Gasteiger partial charge < -0.3 is 4.98 Å². The highest BCUT2D eigenvalue weighted by Gasteiger charge is 2.15. The monoisotopic (exact) mass is 435 g/mol. The largest absolute Gasteiger partial charge is 0.337 e. The van der Waals surface area contributed by atoms with Gasteiger partial charge in [-0.2, -0.15) is 5.10 Å². The number of H-pyrrole nitrogens is 2. The minimum Gasteiger partial charge on any atom is -0.337 e. The van der Waals surface area contributed by atoms with Gasteiger partial charge in [0.2, 0.25) is 0 Å². The summed E-state index contributed by atoms with van der Waals surface area (Å²) >= 11 is 0. The summed E-state index contributed by atoms with van der Waals surface area (Å²) in [5, 5.41) is 8.60. The van der Waals surface area contributed by atoms with Gasteiger partial charge in [0.25, 0.3) is 0 Å². The zero-order chi connectivity index (χ0) is 22.8. The van der Waals surface area contributed by atoms with E-state index in [1.807, 2.05) is 61.7 Å². The molecular formula is C27H22FN5. The number of imidazole rings is 1. The molecule has 2 heterocycles. The molecule has 5 aromatic rings. The van der Waals surface area contributed by atoms with Crippen LogP contribution in [-0.2, 0) is 6.67 Å². The second kappa shape index (κ2) is 8.67. The number of alkyl halides is 1. The van der Waals surface area contributed by atoms with Crippen LogP contribution in [0.1, 0.15) is 18.1 Å². The minimum atomic E-state index is -0.496. The van der Waals surface area contributed by atoms with Gasteiger partial charge in [-0.15, -0.1) is 0 Å². The van der Waals surface area contributed by atoms with Crippen LogP contribution in [0, 0.1) is 0 Å². The fraction of sp³-hybridized carbons (Fsp3) is 0.0741. The molecule has 5 nitrogen and oxygen atoms in total. The number of rotatable bonds is 6. The van der Waals surface area contributed by atoms with Crippen LogP contribution >= 0.6 is 0 Å². The van der Waals surface area contributed by atoms with E-state index >= 15 is 0 Å². The van der Waals surface area contributed by atoms with Gasteiger partial charge in [0, 0.05) is 23.4 Å². The molecule has 162 valence electrons. The van der Waals surface area contributed by atoms with E-state index in [1.54, 1.807) is 18.4 Å². The number of benzene rings is 3. The van der Waals surface area contributed by atoms with E-state index in [0.29, 0.717) is 11.4 Å². The molecule has 0 bridgehead atoms. The van der Waals surface area contributed by atoms with Gasteiger partial charge in [-0.05, 0) is 53.5 Å². The molecule has 0 unspecified atom stereocenters. The van der Waals surface area contributed by atoms with Gasteiger partial charge in [-0.25, -0.2) is 9.37 Å². The molecule has 0 saturated carbocycles. The van der Waals surface area contributed by atoms with Gasteiger partial charge in [-0.1, -0.05) is 49.1 Å². The van der Waals surface area contributed by atoms with Crippen molar-refractivity contribution in [3.63, 3.8) is 0 Å². The van der Waals surface area contributed by atoms with Crippen LogP contribution in [0.25, 0.3) is 50.2 Å². The van der Waals surface area contributed by atoms with Crippen molar-refractivity contribution < 1.29 is 4.39 Å². The third-order valence-electron chi connectivity index (χ3n) is 5.61. The van der Waals surface area contributed by atoms with Crippen molar-refractivity contribution in [2.24, 2.45) is 4.99 Å². The van der Waals surface area contributed by atoms with Gasteiger partial charge in [0.05, 0.1) is 16.6 Å². The molecule has 0 amide bonds. The van der Waals surface area contributed by atoms with Gasteiger partial charge >= 0.3 is 0 Å². The molecule has 0 fully saturated rings. The lowest BCUT2D eigenvalue weighted by Gasteiger charge is -2.04. The smallest absolute Gasteiger partial charge is 0.159 e. The van der Waals surface area contributed by atoms with Crippen LogP contribution < -0.4 is 0 Å². The van der Waals surface area contributed by atoms with Crippen LogP contribution in [0.3, 0.4) is 0 Å². The van der Waals surface area contributed by atoms with Crippen molar-refractivity contribution in [2.75, 3.05) is 0 Å². The number of allylic oxidation sites excluding steroid dienone is 2. The van der Waals surface area contributed by atoms with Crippen LogP contribution in [0.4, 0.5) is 4.39 Å². The van der Waals surface area contributed by atoms with Crippen LogP contribution in [-0.4, -0.2) is 26.4 Å². The standard InChI is InChI=1S/C27H22FN5/c1-3-12-29-16-17(2)19-10-11-23-22(14-19)26(33-32-23)27-30-24-9-5-8-21(25(24)31-27)20-7-4-6-18(13-20)15-28/h3-14,16H,1,15H2,2H3,(H,30,31)(H,32,33)/b17-16+,29-12-. The fourth-order valence-corrected chi connectivity index (χ4v) is 3.93. The number of aliphatic imine (C=N–C) groups is 1. The number of nitrogens with zero attached hydrogens (tertiary/aromatic N) is 3. The lowest BCUT2D eigenvalue weighted by Crippen LogP contribution is -1.85. The second-order valence-electron chi connectivity index (χ2n) is 7.80. The molecule has 0 radical (unpaired) electrons. The summed E-state index contributed by atoms with van der Waals surface area (Å²) in [6.45, 7) is 5.16. The Morgan fingerprint density at radius 1 is 1.09 bits per heavy atom. The third-order valence-corrected chi connectivity index (χ3v) is 5.61. The zero-order valence-corrected chi connectivity index (χ0v) is 18.1. The maximum absolute atomic E-state index is 13.2. The van der Waals surface area contributed by atoms with Crippen LogP contribution in [0.5, 0.6) is 0 Å². The van der Waals surface area contributed by atoms with Crippen LogP contribution in [0.15, 0.2) is 84.5 Å². The van der Waals surface area contributed by atoms with Crippen molar-refractivity contribution in [3.05, 3.63) is 90.6 Å². The Labute approximate surface area is 190 Å². The van der Waals surface area contributed by atoms with E-state index in [-0.39, 0.29) is 0 Å². The summed E-state index contributed by atoms with van der Waals surface area (Å²) in [5.74, 6) is 0.675. The predicted molar refractivity (Wildman–Crippen MR) is 134 cm³/mol. The van der Waals surface area contributed by atoms with Crippen molar-refractivity contribution in [2.45, 2.75) is 13.6 Å². The molecule has 6 heteroatoms. The number of aromatic nitrogens is 4. The molecule has 0 atom stereocenters. The Hall–Kier alpha value is -4.32. The fourth-order valence-electron chi connectivity index (χ4n) is 3.93. The number of halogens is 1. The van der Waals surface area contributed by atoms with Crippen molar-refractivity contribution >= 4 is 33.7 Å². The molecule has 0 aliphatic carbocycles. The Balaban J connectivity index is 1.61. The van der Waals surface area contributed by atoms with E-state index in [4.69, 9.17) is 4.98 Å². The maximum atomic E-state index is 13.2. The van der Waals surface area contributed by atoms with Gasteiger partial charge in [0.1, 0.15) is 12.4 Å². The number of nitrogens with one attached hydrogen (secondary N) is 2. The number of aromatic amines is 2. The maximum Gasteiger partial charge on any atom is 0.159 e. The minimum absolute atomic E-state index is 0.496. The molecule has 0 aliphatic heterocycles. The van der Waals surface area contributed by atoms with E-state index in [2.05, 4.69) is 32.8 Å². The third kappa shape index (κ3) is 3.87. The Morgan fingerprint density at radius 3 is 2.82 bits per heavy atom. The van der Waals surface area contributed by atoms with Crippen LogP contribution in [0.2, 0.25) is 0 Å². The molecule has 0 aliphatic rings. The number of para-hydroxylation sites is 1. The van der Waals surface area contributed by atoms with Gasteiger partial charge in [-0.3, -0.25) is 10.1 Å². The molecule has 3 aromatic carbocycles. The number of fused-ring (bicyclic) bond motifs is 2. The topological polar surface area (TPSA) is 69.7 Å². The highest BCUT2D eigenvalue weighted by molar-refractivity contribution is 5.98. The second-order valence-corrected chi connectivity index (χ2v) is 7.80. The first-order chi connectivity index (χ1) is 16.2. The first kappa shape index (κ1) is 20.6. The van der Waals surface area contributed by atoms with Gasteiger partial charge in [0.15, 0.2) is 5.82 Å². The highest BCUT2D eigenvalue weighted by atomic mass is 19.1. The number of hydrogen-bond acceptors (Lipinski definition) is 3. The first-order valence-corrected chi connectivity index (χ1v) is 10.6. The normalized spacial score (nSPS) is 12.2. The Kier molecular flexibility index (Phi) is 5.40. The Morgan fingerprint density at radius 2 is 1.97 bits per heavy atom. The average Bonchev–Trinajstić information content (AvgIpc) is 3.47. The first-order valence-electron chi connectivity index (χ1n) is 10.6. The van der Waals surface area contributed by atoms with E-state index in [0.717, 1.165) is 49.9 Å². The lowest BCUT2D eigenvalue weighted by atomic mass is 10.0. The Bertz CT molecular complexity index is 1540. The SMILES string of the molecule is C=C/C=N\C=C(/C)c1ccc2[nH]nc(-c3nc4c(-c5cccc(CF)c5)cccc4[nH]3)c2c1. The molecule has 0 saturated heterocycles. The van der Waals surface area contributed by atoms with E-state index < -0.39 is 6.67 Å². The summed E-state index contributed by atoms with van der Waals surface area (Å²) in [6, 6.07) is 19.6. The molecular weight excluding hydrogens is 413 g/mol. The predicted octanol–water partition coefficient (Wildman–Crippen LogP) is 6.86. The highest BCUT2D eigenvalue weighted by Crippen LogP contribution is 2.32. The average molecular weight is 436 g/mol.